The zero-order valence-corrected chi connectivity index (χ0v) is 12.5. The molecule has 1 aromatic heterocycles. The molecule has 0 aliphatic rings. The van der Waals surface area contributed by atoms with E-state index < -0.39 is 5.91 Å². The van der Waals surface area contributed by atoms with Gasteiger partial charge in [-0.05, 0) is 36.8 Å². The summed E-state index contributed by atoms with van der Waals surface area (Å²) in [5.74, 6) is -0.425. The van der Waals surface area contributed by atoms with E-state index in [4.69, 9.17) is 0 Å². The number of aryl methyl sites for hydroxylation is 1. The molecule has 0 fully saturated rings. The molecule has 3 rings (SSSR count). The standard InChI is InChI=1S/C17H15N3O3/c1-11-6-7-14(15(21)8-11)19-16(22)9-20-10-18-13-5-3-2-4-12(13)17(20)23/h2-8,10,21H,9H2,1H3,(H,19,22). The molecular formula is C17H15N3O3. The van der Waals surface area contributed by atoms with Crippen LogP contribution in [0.1, 0.15) is 5.56 Å². The van der Waals surface area contributed by atoms with Crippen LogP contribution in [0.3, 0.4) is 0 Å². The van der Waals surface area contributed by atoms with Crippen molar-refractivity contribution >= 4 is 22.5 Å². The highest BCUT2D eigenvalue weighted by Gasteiger charge is 2.10. The number of amides is 1. The second-order valence-corrected chi connectivity index (χ2v) is 5.26. The van der Waals surface area contributed by atoms with Crippen molar-refractivity contribution in [1.29, 1.82) is 0 Å². The molecule has 1 heterocycles. The predicted molar refractivity (Wildman–Crippen MR) is 87.5 cm³/mol. The van der Waals surface area contributed by atoms with Crippen molar-refractivity contribution < 1.29 is 9.90 Å². The molecule has 0 radical (unpaired) electrons. The molecule has 0 saturated heterocycles. The lowest BCUT2D eigenvalue weighted by molar-refractivity contribution is -0.116. The summed E-state index contributed by atoms with van der Waals surface area (Å²) < 4.78 is 1.24. The number of carbonyl (C=O) groups excluding carboxylic acids is 1. The summed E-state index contributed by atoms with van der Waals surface area (Å²) in [6.07, 6.45) is 1.35. The number of aromatic nitrogens is 2. The largest absolute Gasteiger partial charge is 0.506 e. The fourth-order valence-electron chi connectivity index (χ4n) is 2.31. The van der Waals surface area contributed by atoms with Gasteiger partial charge in [-0.2, -0.15) is 0 Å². The molecule has 0 spiro atoms. The summed E-state index contributed by atoms with van der Waals surface area (Å²) in [7, 11) is 0. The van der Waals surface area contributed by atoms with Gasteiger partial charge >= 0.3 is 0 Å². The third-order valence-corrected chi connectivity index (χ3v) is 3.47. The van der Waals surface area contributed by atoms with E-state index in [9.17, 15) is 14.7 Å². The second-order valence-electron chi connectivity index (χ2n) is 5.26. The van der Waals surface area contributed by atoms with E-state index in [1.807, 2.05) is 6.92 Å². The first kappa shape index (κ1) is 14.8. The van der Waals surface area contributed by atoms with Crippen molar-refractivity contribution in [1.82, 2.24) is 9.55 Å². The Bertz CT molecular complexity index is 947. The highest BCUT2D eigenvalue weighted by molar-refractivity contribution is 5.92. The fourth-order valence-corrected chi connectivity index (χ4v) is 2.31. The van der Waals surface area contributed by atoms with Crippen LogP contribution in [-0.2, 0) is 11.3 Å². The maximum Gasteiger partial charge on any atom is 0.261 e. The molecule has 0 unspecified atom stereocenters. The van der Waals surface area contributed by atoms with Crippen LogP contribution in [0.25, 0.3) is 10.9 Å². The zero-order chi connectivity index (χ0) is 16.4. The van der Waals surface area contributed by atoms with Crippen LogP contribution in [0.2, 0.25) is 0 Å². The molecule has 0 aliphatic carbocycles. The van der Waals surface area contributed by atoms with Crippen molar-refractivity contribution in [2.45, 2.75) is 13.5 Å². The molecule has 3 aromatic rings. The Labute approximate surface area is 132 Å². The zero-order valence-electron chi connectivity index (χ0n) is 12.5. The Balaban J connectivity index is 1.83. The van der Waals surface area contributed by atoms with Crippen LogP contribution >= 0.6 is 0 Å². The lowest BCUT2D eigenvalue weighted by Crippen LogP contribution is -2.27. The number of fused-ring (bicyclic) bond motifs is 1. The van der Waals surface area contributed by atoms with Crippen LogP contribution in [0.5, 0.6) is 5.75 Å². The molecule has 0 bridgehead atoms. The van der Waals surface area contributed by atoms with Gasteiger partial charge in [0.2, 0.25) is 5.91 Å². The van der Waals surface area contributed by atoms with E-state index in [0.717, 1.165) is 5.56 Å². The summed E-state index contributed by atoms with van der Waals surface area (Å²) >= 11 is 0. The van der Waals surface area contributed by atoms with Gasteiger partial charge in [0.05, 0.1) is 22.9 Å². The van der Waals surface area contributed by atoms with Gasteiger partial charge < -0.3 is 10.4 Å². The Hall–Kier alpha value is -3.15. The summed E-state index contributed by atoms with van der Waals surface area (Å²) in [5, 5.41) is 12.9. The Kier molecular flexibility index (Phi) is 3.80. The predicted octanol–water partition coefficient (Wildman–Crippen LogP) is 2.05. The molecule has 1 amide bonds. The second kappa shape index (κ2) is 5.92. The van der Waals surface area contributed by atoms with E-state index in [0.29, 0.717) is 16.6 Å². The lowest BCUT2D eigenvalue weighted by Gasteiger charge is -2.09. The number of hydrogen-bond acceptors (Lipinski definition) is 4. The van der Waals surface area contributed by atoms with Crippen LogP contribution < -0.4 is 10.9 Å². The molecule has 6 nitrogen and oxygen atoms in total. The molecule has 6 heteroatoms. The number of benzene rings is 2. The monoisotopic (exact) mass is 309 g/mol. The number of para-hydroxylation sites is 1. The van der Waals surface area contributed by atoms with Gasteiger partial charge in [0.25, 0.3) is 5.56 Å². The number of aromatic hydroxyl groups is 1. The van der Waals surface area contributed by atoms with Crippen molar-refractivity contribution in [2.24, 2.45) is 0 Å². The van der Waals surface area contributed by atoms with Crippen molar-refractivity contribution in [3.63, 3.8) is 0 Å². The first-order valence-electron chi connectivity index (χ1n) is 7.08. The van der Waals surface area contributed by atoms with Crippen molar-refractivity contribution in [2.75, 3.05) is 5.32 Å². The van der Waals surface area contributed by atoms with E-state index in [1.165, 1.54) is 10.9 Å². The third-order valence-electron chi connectivity index (χ3n) is 3.47. The highest BCUT2D eigenvalue weighted by Crippen LogP contribution is 2.23. The number of nitrogens with one attached hydrogen (secondary N) is 1. The van der Waals surface area contributed by atoms with E-state index in [-0.39, 0.29) is 17.9 Å². The number of rotatable bonds is 3. The van der Waals surface area contributed by atoms with E-state index in [2.05, 4.69) is 10.3 Å². The quantitative estimate of drug-likeness (QED) is 0.725. The van der Waals surface area contributed by atoms with Crippen molar-refractivity contribution in [3.05, 3.63) is 64.7 Å². The third kappa shape index (κ3) is 3.06. The smallest absolute Gasteiger partial charge is 0.261 e. The summed E-state index contributed by atoms with van der Waals surface area (Å²) in [6, 6.07) is 11.9. The number of phenols is 1. The average Bonchev–Trinajstić information content (AvgIpc) is 2.53. The fraction of sp³-hybridized carbons (Fsp3) is 0.118. The summed E-state index contributed by atoms with van der Waals surface area (Å²) in [6.45, 7) is 1.66. The van der Waals surface area contributed by atoms with Crippen LogP contribution in [-0.4, -0.2) is 20.6 Å². The van der Waals surface area contributed by atoms with Crippen LogP contribution in [0, 0.1) is 6.92 Å². The van der Waals surface area contributed by atoms with Gasteiger partial charge in [-0.1, -0.05) is 18.2 Å². The van der Waals surface area contributed by atoms with Gasteiger partial charge in [-0.3, -0.25) is 14.2 Å². The SMILES string of the molecule is Cc1ccc(NC(=O)Cn2cnc3ccccc3c2=O)c(O)c1. The molecule has 2 N–H and O–H groups in total. The Morgan fingerprint density at radius 2 is 2.04 bits per heavy atom. The highest BCUT2D eigenvalue weighted by atomic mass is 16.3. The van der Waals surface area contributed by atoms with Gasteiger partial charge in [0.15, 0.2) is 0 Å². The molecule has 116 valence electrons. The molecule has 0 atom stereocenters. The molecule has 0 aliphatic heterocycles. The lowest BCUT2D eigenvalue weighted by atomic mass is 10.2. The summed E-state index contributed by atoms with van der Waals surface area (Å²) in [4.78, 5) is 28.6. The van der Waals surface area contributed by atoms with Gasteiger partial charge in [0, 0.05) is 0 Å². The number of anilines is 1. The molecule has 0 saturated carbocycles. The number of phenolic OH excluding ortho intramolecular Hbond substituents is 1. The Morgan fingerprint density at radius 1 is 1.26 bits per heavy atom. The van der Waals surface area contributed by atoms with Gasteiger partial charge in [-0.25, -0.2) is 4.98 Å². The van der Waals surface area contributed by atoms with Crippen LogP contribution in [0.15, 0.2) is 53.6 Å². The molecule has 2 aromatic carbocycles. The topological polar surface area (TPSA) is 84.2 Å². The maximum absolute atomic E-state index is 12.3. The van der Waals surface area contributed by atoms with E-state index in [1.54, 1.807) is 42.5 Å². The first-order valence-corrected chi connectivity index (χ1v) is 7.08. The minimum absolute atomic E-state index is 0.0117. The average molecular weight is 309 g/mol. The number of carbonyl (C=O) groups is 1. The van der Waals surface area contributed by atoms with Crippen molar-refractivity contribution in [3.8, 4) is 5.75 Å². The maximum atomic E-state index is 12.3. The normalized spacial score (nSPS) is 10.7. The van der Waals surface area contributed by atoms with Crippen LogP contribution in [0.4, 0.5) is 5.69 Å². The van der Waals surface area contributed by atoms with E-state index >= 15 is 0 Å². The molecule has 23 heavy (non-hydrogen) atoms. The minimum atomic E-state index is -0.414. The Morgan fingerprint density at radius 3 is 2.83 bits per heavy atom. The van der Waals surface area contributed by atoms with Gasteiger partial charge in [-0.15, -0.1) is 0 Å². The first-order chi connectivity index (χ1) is 11.0. The number of hydrogen-bond donors (Lipinski definition) is 2. The molecular weight excluding hydrogens is 294 g/mol. The van der Waals surface area contributed by atoms with Gasteiger partial charge in [0.1, 0.15) is 12.3 Å². The number of nitrogens with zero attached hydrogens (tertiary/aromatic N) is 2. The minimum Gasteiger partial charge on any atom is -0.506 e. The summed E-state index contributed by atoms with van der Waals surface area (Å²) in [5.41, 5.74) is 1.50.